The van der Waals surface area contributed by atoms with Crippen LogP contribution in [0.5, 0.6) is 0 Å². The van der Waals surface area contributed by atoms with Crippen LogP contribution in [-0.4, -0.2) is 4.98 Å². The quantitative estimate of drug-likeness (QED) is 0.686. The average Bonchev–Trinajstić information content (AvgIpc) is 2.49. The highest BCUT2D eigenvalue weighted by molar-refractivity contribution is 5.81. The second-order valence-corrected chi connectivity index (χ2v) is 3.58. The predicted octanol–water partition coefficient (Wildman–Crippen LogP) is 3.43. The van der Waals surface area contributed by atoms with Gasteiger partial charge in [-0.15, -0.1) is 0 Å². The smallest absolute Gasteiger partial charge is 0.147 e. The molecule has 2 rings (SSSR count). The van der Waals surface area contributed by atoms with Crippen LogP contribution in [0, 0.1) is 5.82 Å². The second kappa shape index (κ2) is 2.87. The molecule has 68 valence electrons. The Morgan fingerprint density at radius 2 is 2.08 bits per heavy atom. The highest BCUT2D eigenvalue weighted by Gasteiger charge is 2.06. The van der Waals surface area contributed by atoms with E-state index in [-0.39, 0.29) is 5.82 Å². The monoisotopic (exact) mass is 177 g/mol. The summed E-state index contributed by atoms with van der Waals surface area (Å²) in [4.78, 5) is 3.09. The Hall–Kier alpha value is -1.31. The molecule has 1 aromatic carbocycles. The van der Waals surface area contributed by atoms with Gasteiger partial charge < -0.3 is 4.98 Å². The van der Waals surface area contributed by atoms with E-state index in [1.54, 1.807) is 6.07 Å². The van der Waals surface area contributed by atoms with E-state index >= 15 is 0 Å². The van der Waals surface area contributed by atoms with Gasteiger partial charge in [0.1, 0.15) is 5.82 Å². The molecule has 0 aliphatic carbocycles. The van der Waals surface area contributed by atoms with E-state index < -0.39 is 0 Å². The maximum Gasteiger partial charge on any atom is 0.147 e. The van der Waals surface area contributed by atoms with E-state index in [0.717, 1.165) is 11.1 Å². The van der Waals surface area contributed by atoms with Gasteiger partial charge in [-0.2, -0.15) is 0 Å². The van der Waals surface area contributed by atoms with Crippen LogP contribution in [0.1, 0.15) is 25.5 Å². The van der Waals surface area contributed by atoms with Crippen molar-refractivity contribution in [1.82, 2.24) is 4.98 Å². The Kier molecular flexibility index (Phi) is 1.83. The highest BCUT2D eigenvalue weighted by atomic mass is 19.1. The number of hydrogen-bond donors (Lipinski definition) is 1. The SMILES string of the molecule is CC(C)c1cc2cccc(F)c2[nH]1. The molecule has 1 aromatic heterocycles. The van der Waals surface area contributed by atoms with Crippen LogP contribution in [0.4, 0.5) is 4.39 Å². The van der Waals surface area contributed by atoms with Crippen molar-refractivity contribution in [2.45, 2.75) is 19.8 Å². The lowest BCUT2D eigenvalue weighted by molar-refractivity contribution is 0.636. The van der Waals surface area contributed by atoms with Gasteiger partial charge in [-0.25, -0.2) is 4.39 Å². The summed E-state index contributed by atoms with van der Waals surface area (Å²) >= 11 is 0. The molecule has 13 heavy (non-hydrogen) atoms. The third-order valence-electron chi connectivity index (χ3n) is 2.25. The van der Waals surface area contributed by atoms with E-state index in [4.69, 9.17) is 0 Å². The minimum absolute atomic E-state index is 0.176. The molecule has 2 aromatic rings. The molecule has 0 aliphatic heterocycles. The van der Waals surface area contributed by atoms with Crippen molar-refractivity contribution < 1.29 is 4.39 Å². The van der Waals surface area contributed by atoms with Crippen LogP contribution >= 0.6 is 0 Å². The zero-order valence-corrected chi connectivity index (χ0v) is 7.76. The molecule has 1 heterocycles. The summed E-state index contributed by atoms with van der Waals surface area (Å²) in [6.07, 6.45) is 0. The molecule has 0 saturated heterocycles. The van der Waals surface area contributed by atoms with Crippen LogP contribution in [-0.2, 0) is 0 Å². The van der Waals surface area contributed by atoms with E-state index in [2.05, 4.69) is 18.8 Å². The van der Waals surface area contributed by atoms with E-state index in [0.29, 0.717) is 11.4 Å². The van der Waals surface area contributed by atoms with Gasteiger partial charge in [0, 0.05) is 11.1 Å². The van der Waals surface area contributed by atoms with Gasteiger partial charge in [-0.1, -0.05) is 26.0 Å². The topological polar surface area (TPSA) is 15.8 Å². The summed E-state index contributed by atoms with van der Waals surface area (Å²) in [5.41, 5.74) is 1.70. The summed E-state index contributed by atoms with van der Waals surface area (Å²) in [6, 6.07) is 7.13. The van der Waals surface area contributed by atoms with E-state index in [1.807, 2.05) is 12.1 Å². The van der Waals surface area contributed by atoms with Crippen LogP contribution in [0.3, 0.4) is 0 Å². The summed E-state index contributed by atoms with van der Waals surface area (Å²) in [5, 5.41) is 0.948. The van der Waals surface area contributed by atoms with Gasteiger partial charge in [0.2, 0.25) is 0 Å². The molecule has 0 aliphatic rings. The second-order valence-electron chi connectivity index (χ2n) is 3.58. The van der Waals surface area contributed by atoms with Gasteiger partial charge in [-0.3, -0.25) is 0 Å². The number of H-pyrrole nitrogens is 1. The van der Waals surface area contributed by atoms with Crippen molar-refractivity contribution in [3.8, 4) is 0 Å². The standard InChI is InChI=1S/C11H12FN/c1-7(2)10-6-8-4-3-5-9(12)11(8)13-10/h3-7,13H,1-2H3. The van der Waals surface area contributed by atoms with Crippen molar-refractivity contribution in [2.75, 3.05) is 0 Å². The number of fused-ring (bicyclic) bond motifs is 1. The lowest BCUT2D eigenvalue weighted by Gasteiger charge is -1.97. The first-order chi connectivity index (χ1) is 6.18. The third kappa shape index (κ3) is 1.32. The number of hydrogen-bond acceptors (Lipinski definition) is 0. The molecule has 0 bridgehead atoms. The molecule has 0 fully saturated rings. The lowest BCUT2D eigenvalue weighted by Crippen LogP contribution is -1.85. The maximum absolute atomic E-state index is 13.2. The molecule has 2 heteroatoms. The first-order valence-electron chi connectivity index (χ1n) is 4.45. The third-order valence-corrected chi connectivity index (χ3v) is 2.25. The van der Waals surface area contributed by atoms with E-state index in [9.17, 15) is 4.39 Å². The lowest BCUT2D eigenvalue weighted by atomic mass is 10.1. The fourth-order valence-electron chi connectivity index (χ4n) is 1.45. The molecule has 1 nitrogen and oxygen atoms in total. The molecule has 0 saturated carbocycles. The zero-order chi connectivity index (χ0) is 9.42. The van der Waals surface area contributed by atoms with Crippen LogP contribution in [0.15, 0.2) is 24.3 Å². The minimum Gasteiger partial charge on any atom is -0.356 e. The van der Waals surface area contributed by atoms with Crippen molar-refractivity contribution >= 4 is 10.9 Å². The van der Waals surface area contributed by atoms with Crippen molar-refractivity contribution in [1.29, 1.82) is 0 Å². The molecular formula is C11H12FN. The summed E-state index contributed by atoms with van der Waals surface area (Å²) in [5.74, 6) is 0.233. The molecule has 0 spiro atoms. The first kappa shape index (κ1) is 8.30. The molecule has 0 amide bonds. The molecule has 0 radical (unpaired) electrons. The zero-order valence-electron chi connectivity index (χ0n) is 7.76. The van der Waals surface area contributed by atoms with Crippen molar-refractivity contribution in [2.24, 2.45) is 0 Å². The number of nitrogens with one attached hydrogen (secondary N) is 1. The Labute approximate surface area is 76.6 Å². The normalized spacial score (nSPS) is 11.4. The van der Waals surface area contributed by atoms with Crippen LogP contribution in [0.25, 0.3) is 10.9 Å². The average molecular weight is 177 g/mol. The Balaban J connectivity index is 2.68. The fraction of sp³-hybridized carbons (Fsp3) is 0.273. The van der Waals surface area contributed by atoms with Gasteiger partial charge in [0.25, 0.3) is 0 Å². The summed E-state index contributed by atoms with van der Waals surface area (Å²) in [6.45, 7) is 4.17. The van der Waals surface area contributed by atoms with Crippen molar-refractivity contribution in [3.05, 3.63) is 35.8 Å². The number of aromatic nitrogens is 1. The molecule has 0 unspecified atom stereocenters. The van der Waals surface area contributed by atoms with Gasteiger partial charge in [0.15, 0.2) is 0 Å². The Bertz CT molecular complexity index is 429. The highest BCUT2D eigenvalue weighted by Crippen LogP contribution is 2.22. The number of halogens is 1. The minimum atomic E-state index is -0.176. The summed E-state index contributed by atoms with van der Waals surface area (Å²) < 4.78 is 13.2. The molecular weight excluding hydrogens is 165 g/mol. The predicted molar refractivity (Wildman–Crippen MR) is 52.3 cm³/mol. The van der Waals surface area contributed by atoms with Gasteiger partial charge >= 0.3 is 0 Å². The van der Waals surface area contributed by atoms with Crippen LogP contribution < -0.4 is 0 Å². The first-order valence-corrected chi connectivity index (χ1v) is 4.45. The number of benzene rings is 1. The Morgan fingerprint density at radius 1 is 1.31 bits per heavy atom. The van der Waals surface area contributed by atoms with Gasteiger partial charge in [-0.05, 0) is 18.1 Å². The van der Waals surface area contributed by atoms with Gasteiger partial charge in [0.05, 0.1) is 5.52 Å². The van der Waals surface area contributed by atoms with Crippen LogP contribution in [0.2, 0.25) is 0 Å². The number of para-hydroxylation sites is 1. The largest absolute Gasteiger partial charge is 0.356 e. The Morgan fingerprint density at radius 3 is 2.69 bits per heavy atom. The summed E-state index contributed by atoms with van der Waals surface area (Å²) in [7, 11) is 0. The molecule has 1 N–H and O–H groups in total. The van der Waals surface area contributed by atoms with Crippen molar-refractivity contribution in [3.63, 3.8) is 0 Å². The number of rotatable bonds is 1. The molecule has 0 atom stereocenters. The fourth-order valence-corrected chi connectivity index (χ4v) is 1.45. The van der Waals surface area contributed by atoms with E-state index in [1.165, 1.54) is 6.07 Å². The number of aromatic amines is 1. The maximum atomic E-state index is 13.2.